The van der Waals surface area contributed by atoms with E-state index in [9.17, 15) is 14.7 Å². The number of allylic oxidation sites excluding steroid dienone is 1. The molecular formula is C25H40N2O5. The number of benzene rings is 1. The predicted molar refractivity (Wildman–Crippen MR) is 126 cm³/mol. The monoisotopic (exact) mass is 448 g/mol. The third kappa shape index (κ3) is 11.2. The lowest BCUT2D eigenvalue weighted by Crippen LogP contribution is -2.51. The molecule has 2 amide bonds. The molecule has 180 valence electrons. The third-order valence-electron chi connectivity index (χ3n) is 4.66. The van der Waals surface area contributed by atoms with Crippen molar-refractivity contribution in [2.75, 3.05) is 13.1 Å². The number of hydrogen-bond acceptors (Lipinski definition) is 5. The van der Waals surface area contributed by atoms with Gasteiger partial charge in [-0.15, -0.1) is 0 Å². The lowest BCUT2D eigenvalue weighted by atomic mass is 10.0. The number of aliphatic hydroxyl groups is 1. The van der Waals surface area contributed by atoms with Crippen molar-refractivity contribution in [2.24, 2.45) is 5.92 Å². The zero-order valence-corrected chi connectivity index (χ0v) is 20.6. The highest BCUT2D eigenvalue weighted by molar-refractivity contribution is 5.69. The summed E-state index contributed by atoms with van der Waals surface area (Å²) in [6.45, 7) is 13.8. The van der Waals surface area contributed by atoms with E-state index < -0.39 is 29.9 Å². The van der Waals surface area contributed by atoms with Crippen molar-refractivity contribution in [1.29, 1.82) is 0 Å². The molecule has 0 fully saturated rings. The van der Waals surface area contributed by atoms with Crippen LogP contribution >= 0.6 is 0 Å². The minimum absolute atomic E-state index is 0.0310. The van der Waals surface area contributed by atoms with Crippen molar-refractivity contribution in [1.82, 2.24) is 10.2 Å². The molecule has 32 heavy (non-hydrogen) atoms. The maximum atomic E-state index is 12.8. The van der Waals surface area contributed by atoms with Crippen LogP contribution in [-0.4, -0.2) is 53.0 Å². The van der Waals surface area contributed by atoms with Gasteiger partial charge >= 0.3 is 12.2 Å². The lowest BCUT2D eigenvalue weighted by molar-refractivity contribution is 0.0323. The number of nitrogens with zero attached hydrogens (tertiary/aromatic N) is 1. The van der Waals surface area contributed by atoms with Crippen molar-refractivity contribution in [3.63, 3.8) is 0 Å². The summed E-state index contributed by atoms with van der Waals surface area (Å²) in [6.07, 6.45) is 0.260. The van der Waals surface area contributed by atoms with E-state index in [4.69, 9.17) is 9.47 Å². The minimum atomic E-state index is -1.000. The van der Waals surface area contributed by atoms with Gasteiger partial charge in [-0.3, -0.25) is 0 Å². The van der Waals surface area contributed by atoms with E-state index in [2.05, 4.69) is 5.32 Å². The molecular weight excluding hydrogens is 408 g/mol. The smallest absolute Gasteiger partial charge is 0.410 e. The molecule has 7 heteroatoms. The summed E-state index contributed by atoms with van der Waals surface area (Å²) in [5, 5.41) is 13.7. The predicted octanol–water partition coefficient (Wildman–Crippen LogP) is 4.89. The SMILES string of the molecule is C/C=C(\C)C[C@H](NC(=O)OC(C)(C)C)[C@H](O)CN(CC(C)C)C(=O)OCc1ccccc1. The molecule has 0 aromatic heterocycles. The Balaban J connectivity index is 2.89. The molecule has 0 bridgehead atoms. The Labute approximate surface area is 192 Å². The third-order valence-corrected chi connectivity index (χ3v) is 4.66. The number of rotatable bonds is 10. The van der Waals surface area contributed by atoms with Gasteiger partial charge in [0.1, 0.15) is 12.2 Å². The van der Waals surface area contributed by atoms with Crippen LogP contribution in [0, 0.1) is 5.92 Å². The van der Waals surface area contributed by atoms with Gasteiger partial charge in [-0.2, -0.15) is 0 Å². The normalized spacial score (nSPS) is 14.0. The average Bonchev–Trinajstić information content (AvgIpc) is 2.69. The summed E-state index contributed by atoms with van der Waals surface area (Å²) in [6, 6.07) is 8.82. The molecule has 0 aliphatic carbocycles. The molecule has 0 unspecified atom stereocenters. The second kappa shape index (κ2) is 13.1. The quantitative estimate of drug-likeness (QED) is 0.498. The minimum Gasteiger partial charge on any atom is -0.445 e. The molecule has 0 aliphatic rings. The van der Waals surface area contributed by atoms with Gasteiger partial charge in [0.05, 0.1) is 18.7 Å². The maximum absolute atomic E-state index is 12.8. The number of aliphatic hydroxyl groups excluding tert-OH is 1. The van der Waals surface area contributed by atoms with E-state index in [0.717, 1.165) is 11.1 Å². The van der Waals surface area contributed by atoms with Crippen molar-refractivity contribution in [2.45, 2.75) is 79.2 Å². The van der Waals surface area contributed by atoms with Crippen molar-refractivity contribution >= 4 is 12.2 Å². The van der Waals surface area contributed by atoms with Gasteiger partial charge in [-0.05, 0) is 52.5 Å². The topological polar surface area (TPSA) is 88.1 Å². The first-order valence-corrected chi connectivity index (χ1v) is 11.2. The highest BCUT2D eigenvalue weighted by Crippen LogP contribution is 2.14. The van der Waals surface area contributed by atoms with Crippen LogP contribution in [0.3, 0.4) is 0 Å². The number of carbonyl (C=O) groups excluding carboxylic acids is 2. The standard InChI is InChI=1S/C25H40N2O5/c1-8-19(4)14-21(26-23(29)32-25(5,6)7)22(28)16-27(15-18(2)3)24(30)31-17-20-12-10-9-11-13-20/h8-13,18,21-22,28H,14-17H2,1-7H3,(H,26,29)/b19-8+/t21-,22+/m0/s1. The van der Waals surface area contributed by atoms with Crippen LogP contribution in [-0.2, 0) is 16.1 Å². The Hall–Kier alpha value is -2.54. The summed E-state index contributed by atoms with van der Waals surface area (Å²) in [5.41, 5.74) is 1.24. The molecule has 0 heterocycles. The van der Waals surface area contributed by atoms with Gasteiger partial charge in [0, 0.05) is 6.54 Å². The van der Waals surface area contributed by atoms with Gasteiger partial charge in [0.15, 0.2) is 0 Å². The zero-order chi connectivity index (χ0) is 24.3. The Morgan fingerprint density at radius 3 is 2.31 bits per heavy atom. The van der Waals surface area contributed by atoms with E-state index in [1.54, 1.807) is 20.8 Å². The van der Waals surface area contributed by atoms with Crippen LogP contribution in [0.15, 0.2) is 42.0 Å². The number of amides is 2. The summed E-state index contributed by atoms with van der Waals surface area (Å²) >= 11 is 0. The van der Waals surface area contributed by atoms with Crippen LogP contribution < -0.4 is 5.32 Å². The number of alkyl carbamates (subject to hydrolysis) is 1. The number of carbonyl (C=O) groups is 2. The first-order valence-electron chi connectivity index (χ1n) is 11.2. The molecule has 1 rings (SSSR count). The van der Waals surface area contributed by atoms with Crippen LogP contribution in [0.1, 0.15) is 60.5 Å². The molecule has 7 nitrogen and oxygen atoms in total. The summed E-state index contributed by atoms with van der Waals surface area (Å²) in [4.78, 5) is 26.6. The van der Waals surface area contributed by atoms with Crippen LogP contribution in [0.5, 0.6) is 0 Å². The number of nitrogens with one attached hydrogen (secondary N) is 1. The Morgan fingerprint density at radius 2 is 1.78 bits per heavy atom. The van der Waals surface area contributed by atoms with Crippen LogP contribution in [0.25, 0.3) is 0 Å². The molecule has 2 N–H and O–H groups in total. The van der Waals surface area contributed by atoms with E-state index in [1.165, 1.54) is 4.90 Å². The van der Waals surface area contributed by atoms with E-state index in [1.807, 2.05) is 64.1 Å². The largest absolute Gasteiger partial charge is 0.445 e. The van der Waals surface area contributed by atoms with Gasteiger partial charge < -0.3 is 24.8 Å². The first kappa shape index (κ1) is 27.5. The Kier molecular flexibility index (Phi) is 11.3. The molecule has 0 aliphatic heterocycles. The molecule has 1 aromatic rings. The lowest BCUT2D eigenvalue weighted by Gasteiger charge is -2.31. The fraction of sp³-hybridized carbons (Fsp3) is 0.600. The first-order chi connectivity index (χ1) is 14.9. The molecule has 2 atom stereocenters. The molecule has 1 aromatic carbocycles. The van der Waals surface area contributed by atoms with Crippen molar-refractivity contribution in [3.05, 3.63) is 47.5 Å². The number of ether oxygens (including phenoxy) is 2. The van der Waals surface area contributed by atoms with Gasteiger partial charge in [-0.1, -0.05) is 55.8 Å². The van der Waals surface area contributed by atoms with E-state index in [0.29, 0.717) is 13.0 Å². The van der Waals surface area contributed by atoms with Gasteiger partial charge in [0.25, 0.3) is 0 Å². The zero-order valence-electron chi connectivity index (χ0n) is 20.6. The van der Waals surface area contributed by atoms with Crippen molar-refractivity contribution < 1.29 is 24.2 Å². The van der Waals surface area contributed by atoms with E-state index in [-0.39, 0.29) is 19.1 Å². The van der Waals surface area contributed by atoms with Gasteiger partial charge in [-0.25, -0.2) is 9.59 Å². The maximum Gasteiger partial charge on any atom is 0.410 e. The summed E-state index contributed by atoms with van der Waals surface area (Å²) < 4.78 is 10.8. The molecule has 0 saturated heterocycles. The Morgan fingerprint density at radius 1 is 1.16 bits per heavy atom. The molecule has 0 spiro atoms. The van der Waals surface area contributed by atoms with Crippen LogP contribution in [0.2, 0.25) is 0 Å². The Bertz CT molecular complexity index is 740. The second-order valence-electron chi connectivity index (χ2n) is 9.50. The molecule has 0 saturated carbocycles. The average molecular weight is 449 g/mol. The molecule has 0 radical (unpaired) electrons. The van der Waals surface area contributed by atoms with Crippen molar-refractivity contribution in [3.8, 4) is 0 Å². The summed E-state index contributed by atoms with van der Waals surface area (Å²) in [5.74, 6) is 0.181. The second-order valence-corrected chi connectivity index (χ2v) is 9.50. The number of hydrogen-bond donors (Lipinski definition) is 2. The van der Waals surface area contributed by atoms with Gasteiger partial charge in [0.2, 0.25) is 0 Å². The van der Waals surface area contributed by atoms with E-state index >= 15 is 0 Å². The van der Waals surface area contributed by atoms with Crippen LogP contribution in [0.4, 0.5) is 9.59 Å². The fourth-order valence-corrected chi connectivity index (χ4v) is 3.03. The highest BCUT2D eigenvalue weighted by atomic mass is 16.6. The summed E-state index contributed by atoms with van der Waals surface area (Å²) in [7, 11) is 0. The fourth-order valence-electron chi connectivity index (χ4n) is 3.03. The highest BCUT2D eigenvalue weighted by Gasteiger charge is 2.28.